The minimum Gasteiger partial charge on any atom is -0.338 e. The van der Waals surface area contributed by atoms with E-state index < -0.39 is 0 Å². The molecule has 1 unspecified atom stereocenters. The Bertz CT molecular complexity index is 676. The summed E-state index contributed by atoms with van der Waals surface area (Å²) in [6.45, 7) is 3.31. The summed E-state index contributed by atoms with van der Waals surface area (Å²) in [4.78, 5) is 37.5. The van der Waals surface area contributed by atoms with Gasteiger partial charge in [-0.25, -0.2) is 9.97 Å². The van der Waals surface area contributed by atoms with Crippen molar-refractivity contribution in [3.05, 3.63) is 18.5 Å². The number of hydrogen-bond donors (Lipinski definition) is 1. The fourth-order valence-electron chi connectivity index (χ4n) is 5.08. The van der Waals surface area contributed by atoms with Crippen LogP contribution < -0.4 is 10.2 Å². The van der Waals surface area contributed by atoms with Crippen LogP contribution in [0.25, 0.3) is 0 Å². The zero-order valence-corrected chi connectivity index (χ0v) is 17.8. The Morgan fingerprint density at radius 3 is 2.45 bits per heavy atom. The van der Waals surface area contributed by atoms with E-state index >= 15 is 0 Å². The first kappa shape index (κ1) is 22.0. The number of nitrogens with zero attached hydrogens (tertiary/aromatic N) is 4. The van der Waals surface area contributed by atoms with E-state index in [4.69, 9.17) is 0 Å². The van der Waals surface area contributed by atoms with Crippen LogP contribution in [0.5, 0.6) is 0 Å². The molecule has 8 heteroatoms. The number of imide groups is 1. The van der Waals surface area contributed by atoms with Gasteiger partial charge in [0.05, 0.1) is 0 Å². The van der Waals surface area contributed by atoms with Crippen LogP contribution >= 0.6 is 12.4 Å². The van der Waals surface area contributed by atoms with E-state index in [0.29, 0.717) is 25.4 Å². The summed E-state index contributed by atoms with van der Waals surface area (Å²) >= 11 is 0. The van der Waals surface area contributed by atoms with Crippen LogP contribution in [0.2, 0.25) is 0 Å². The molecule has 0 bridgehead atoms. The number of carbonyl (C=O) groups is 2. The highest BCUT2D eigenvalue weighted by Crippen LogP contribution is 2.46. The first-order valence-electron chi connectivity index (χ1n) is 10.7. The number of unbranched alkanes of at least 4 members (excludes halogenated alkanes) is 1. The van der Waals surface area contributed by atoms with Crippen LogP contribution in [-0.2, 0) is 9.59 Å². The summed E-state index contributed by atoms with van der Waals surface area (Å²) in [5.41, 5.74) is -0.000345. The summed E-state index contributed by atoms with van der Waals surface area (Å²) in [6, 6.07) is 2.23. The number of carbonyl (C=O) groups excluding carboxylic acids is 2. The molecule has 2 amide bonds. The zero-order valence-electron chi connectivity index (χ0n) is 17.0. The van der Waals surface area contributed by atoms with Gasteiger partial charge in [-0.2, -0.15) is 0 Å². The van der Waals surface area contributed by atoms with Crippen molar-refractivity contribution >= 4 is 30.2 Å². The van der Waals surface area contributed by atoms with Crippen molar-refractivity contribution < 1.29 is 9.59 Å². The lowest BCUT2D eigenvalue weighted by atomic mass is 9.76. The number of aromatic nitrogens is 2. The summed E-state index contributed by atoms with van der Waals surface area (Å²) in [5, 5.41) is 3.56. The molecule has 1 saturated carbocycles. The van der Waals surface area contributed by atoms with Gasteiger partial charge in [-0.05, 0) is 37.2 Å². The third-order valence-corrected chi connectivity index (χ3v) is 6.59. The Hall–Kier alpha value is -1.73. The average molecular weight is 422 g/mol. The van der Waals surface area contributed by atoms with Crippen molar-refractivity contribution in [1.29, 1.82) is 0 Å². The van der Waals surface area contributed by atoms with Crippen LogP contribution in [0, 0.1) is 5.41 Å². The number of rotatable bonds is 6. The van der Waals surface area contributed by atoms with Gasteiger partial charge in [0.2, 0.25) is 17.8 Å². The van der Waals surface area contributed by atoms with Crippen LogP contribution in [0.1, 0.15) is 57.8 Å². The molecule has 1 atom stereocenters. The van der Waals surface area contributed by atoms with Crippen molar-refractivity contribution in [3.63, 3.8) is 0 Å². The first-order valence-corrected chi connectivity index (χ1v) is 10.7. The van der Waals surface area contributed by atoms with E-state index in [2.05, 4.69) is 20.2 Å². The number of nitrogens with one attached hydrogen (secondary N) is 1. The summed E-state index contributed by atoms with van der Waals surface area (Å²) in [5.74, 6) is 0.905. The summed E-state index contributed by atoms with van der Waals surface area (Å²) in [7, 11) is 0. The highest BCUT2D eigenvalue weighted by molar-refractivity contribution is 5.98. The third-order valence-electron chi connectivity index (χ3n) is 6.59. The van der Waals surface area contributed by atoms with Crippen molar-refractivity contribution in [3.8, 4) is 0 Å². The molecule has 7 nitrogen and oxygen atoms in total. The van der Waals surface area contributed by atoms with Gasteiger partial charge in [0.15, 0.2) is 0 Å². The molecule has 1 spiro atoms. The maximum absolute atomic E-state index is 12.5. The summed E-state index contributed by atoms with van der Waals surface area (Å²) in [6.07, 6.45) is 12.1. The lowest BCUT2D eigenvalue weighted by Crippen LogP contribution is -2.51. The molecule has 1 N–H and O–H groups in total. The zero-order chi connectivity index (χ0) is 19.4. The molecule has 29 heavy (non-hydrogen) atoms. The largest absolute Gasteiger partial charge is 0.338 e. The SMILES string of the molecule is Cl.O=C1CC2(CCCC2)CC(=O)N1CCCCC1CN(c2ncccn2)CCN1. The standard InChI is InChI=1S/C21H31N5O2.ClH/c27-18-14-21(7-2-3-8-21)15-19(28)26(18)12-4-1-6-17-16-25(13-11-22-17)20-23-9-5-10-24-20;/h5,9-10,17,22H,1-4,6-8,11-16H2;1H. The number of piperidine rings is 1. The Balaban J connectivity index is 0.00000240. The van der Waals surface area contributed by atoms with E-state index in [1.165, 1.54) is 17.7 Å². The van der Waals surface area contributed by atoms with Crippen LogP contribution in [0.3, 0.4) is 0 Å². The fourth-order valence-corrected chi connectivity index (χ4v) is 5.08. The predicted octanol–water partition coefficient (Wildman–Crippen LogP) is 2.56. The van der Waals surface area contributed by atoms with E-state index in [1.807, 2.05) is 6.07 Å². The molecular weight excluding hydrogens is 390 g/mol. The van der Waals surface area contributed by atoms with Crippen LogP contribution in [0.4, 0.5) is 5.95 Å². The quantitative estimate of drug-likeness (QED) is 0.561. The topological polar surface area (TPSA) is 78.4 Å². The smallest absolute Gasteiger partial charge is 0.229 e. The normalized spacial score (nSPS) is 24.1. The van der Waals surface area contributed by atoms with E-state index in [1.54, 1.807) is 12.4 Å². The molecule has 160 valence electrons. The Morgan fingerprint density at radius 1 is 1.07 bits per heavy atom. The molecule has 0 aromatic carbocycles. The van der Waals surface area contributed by atoms with E-state index in [0.717, 1.165) is 57.7 Å². The number of amides is 2. The van der Waals surface area contributed by atoms with Gasteiger partial charge in [0, 0.05) is 57.5 Å². The van der Waals surface area contributed by atoms with Gasteiger partial charge < -0.3 is 10.2 Å². The van der Waals surface area contributed by atoms with Crippen molar-refractivity contribution in [2.24, 2.45) is 5.41 Å². The molecule has 4 rings (SSSR count). The fraction of sp³-hybridized carbons (Fsp3) is 0.714. The lowest BCUT2D eigenvalue weighted by molar-refractivity contribution is -0.153. The van der Waals surface area contributed by atoms with Crippen molar-refractivity contribution in [1.82, 2.24) is 20.2 Å². The molecule has 3 fully saturated rings. The molecule has 1 aromatic heterocycles. The van der Waals surface area contributed by atoms with Gasteiger partial charge in [-0.1, -0.05) is 19.3 Å². The van der Waals surface area contributed by atoms with Gasteiger partial charge in [0.25, 0.3) is 0 Å². The second-order valence-electron chi connectivity index (χ2n) is 8.64. The van der Waals surface area contributed by atoms with Crippen LogP contribution in [0.15, 0.2) is 18.5 Å². The number of piperazine rings is 1. The predicted molar refractivity (Wildman–Crippen MR) is 114 cm³/mol. The second kappa shape index (κ2) is 9.85. The maximum atomic E-state index is 12.5. The monoisotopic (exact) mass is 421 g/mol. The molecule has 1 aliphatic carbocycles. The second-order valence-corrected chi connectivity index (χ2v) is 8.64. The molecule has 2 saturated heterocycles. The van der Waals surface area contributed by atoms with Gasteiger partial charge >= 0.3 is 0 Å². The van der Waals surface area contributed by atoms with Crippen LogP contribution in [-0.4, -0.2) is 58.9 Å². The van der Waals surface area contributed by atoms with E-state index in [-0.39, 0.29) is 29.6 Å². The average Bonchev–Trinajstić information content (AvgIpc) is 3.15. The number of halogens is 1. The number of anilines is 1. The van der Waals surface area contributed by atoms with Crippen molar-refractivity contribution in [2.75, 3.05) is 31.1 Å². The molecule has 3 aliphatic rings. The lowest BCUT2D eigenvalue weighted by Gasteiger charge is -2.37. The summed E-state index contributed by atoms with van der Waals surface area (Å²) < 4.78 is 0. The molecule has 2 aliphatic heterocycles. The first-order chi connectivity index (χ1) is 13.7. The minimum absolute atomic E-state index is 0. The maximum Gasteiger partial charge on any atom is 0.229 e. The molecule has 0 radical (unpaired) electrons. The molecular formula is C21H32ClN5O2. The van der Waals surface area contributed by atoms with Crippen molar-refractivity contribution in [2.45, 2.75) is 63.8 Å². The third kappa shape index (κ3) is 5.25. The number of hydrogen-bond acceptors (Lipinski definition) is 6. The highest BCUT2D eigenvalue weighted by Gasteiger charge is 2.44. The molecule has 3 heterocycles. The van der Waals surface area contributed by atoms with Gasteiger partial charge in [-0.3, -0.25) is 14.5 Å². The molecule has 1 aromatic rings. The highest BCUT2D eigenvalue weighted by atomic mass is 35.5. The Labute approximate surface area is 179 Å². The number of likely N-dealkylation sites (tertiary alicyclic amines) is 1. The van der Waals surface area contributed by atoms with E-state index in [9.17, 15) is 9.59 Å². The Morgan fingerprint density at radius 2 is 1.76 bits per heavy atom. The Kier molecular flexibility index (Phi) is 7.46. The van der Waals surface area contributed by atoms with Gasteiger partial charge in [-0.15, -0.1) is 12.4 Å². The van der Waals surface area contributed by atoms with Gasteiger partial charge in [0.1, 0.15) is 0 Å². The minimum atomic E-state index is -0.000345.